The van der Waals surface area contributed by atoms with E-state index in [1.807, 2.05) is 25.4 Å². The first kappa shape index (κ1) is 17.1. The van der Waals surface area contributed by atoms with Crippen molar-refractivity contribution in [3.05, 3.63) is 60.0 Å². The van der Waals surface area contributed by atoms with Gasteiger partial charge in [-0.25, -0.2) is 13.8 Å². The van der Waals surface area contributed by atoms with Crippen LogP contribution in [0.4, 0.5) is 20.3 Å². The number of aryl methyl sites for hydroxylation is 1. The first-order chi connectivity index (χ1) is 12.8. The predicted molar refractivity (Wildman–Crippen MR) is 100 cm³/mol. The van der Waals surface area contributed by atoms with E-state index >= 15 is 0 Å². The largest absolute Gasteiger partial charge is 0.398 e. The Labute approximate surface area is 154 Å². The SMILES string of the molecule is Cn1cc(-c2ccc(N)c(C(=N)c3ccnc(N4CC(F)(F)C4)c3)c2)cn1. The third kappa shape index (κ3) is 3.25. The number of nitrogens with zero attached hydrogens (tertiary/aromatic N) is 4. The summed E-state index contributed by atoms with van der Waals surface area (Å²) in [6.45, 7) is -0.704. The van der Waals surface area contributed by atoms with Gasteiger partial charge in [0.25, 0.3) is 5.92 Å². The molecule has 3 aromatic rings. The zero-order valence-electron chi connectivity index (χ0n) is 14.7. The van der Waals surface area contributed by atoms with Crippen LogP contribution in [0, 0.1) is 5.41 Å². The minimum Gasteiger partial charge on any atom is -0.398 e. The van der Waals surface area contributed by atoms with Crippen molar-refractivity contribution in [1.82, 2.24) is 14.8 Å². The number of alkyl halides is 2. The van der Waals surface area contributed by atoms with Gasteiger partial charge in [0.05, 0.1) is 25.0 Å². The molecule has 1 aliphatic rings. The van der Waals surface area contributed by atoms with Crippen LogP contribution in [0.3, 0.4) is 0 Å². The lowest BCUT2D eigenvalue weighted by Gasteiger charge is -2.39. The zero-order chi connectivity index (χ0) is 19.2. The quantitative estimate of drug-likeness (QED) is 0.548. The van der Waals surface area contributed by atoms with E-state index in [1.165, 1.54) is 11.1 Å². The van der Waals surface area contributed by atoms with Crippen LogP contribution < -0.4 is 10.6 Å². The molecular formula is C19H18F2N6. The third-order valence-electron chi connectivity index (χ3n) is 4.56. The number of rotatable bonds is 4. The van der Waals surface area contributed by atoms with Crippen LogP contribution in [-0.4, -0.2) is 39.5 Å². The first-order valence-electron chi connectivity index (χ1n) is 8.39. The van der Waals surface area contributed by atoms with Gasteiger partial charge in [-0.2, -0.15) is 5.10 Å². The summed E-state index contributed by atoms with van der Waals surface area (Å²) >= 11 is 0. The van der Waals surface area contributed by atoms with Gasteiger partial charge in [0.2, 0.25) is 0 Å². The minimum absolute atomic E-state index is 0.217. The molecule has 2 aromatic heterocycles. The van der Waals surface area contributed by atoms with E-state index in [1.54, 1.807) is 29.1 Å². The Kier molecular flexibility index (Phi) is 3.91. The molecule has 0 amide bonds. The van der Waals surface area contributed by atoms with E-state index in [0.29, 0.717) is 22.6 Å². The van der Waals surface area contributed by atoms with Gasteiger partial charge in [-0.1, -0.05) is 6.07 Å². The molecule has 138 valence electrons. The standard InChI is InChI=1S/C19H18F2N6/c1-26-9-14(8-25-26)12-2-3-16(22)15(6-12)18(23)13-4-5-24-17(7-13)27-10-19(20,21)11-27/h2-9,23H,10-11,22H2,1H3. The van der Waals surface area contributed by atoms with Crippen LogP contribution in [0.2, 0.25) is 0 Å². The highest BCUT2D eigenvalue weighted by Crippen LogP contribution is 2.31. The Morgan fingerprint density at radius 3 is 2.63 bits per heavy atom. The van der Waals surface area contributed by atoms with Crippen molar-refractivity contribution >= 4 is 17.2 Å². The maximum absolute atomic E-state index is 13.1. The topological polar surface area (TPSA) is 83.8 Å². The lowest BCUT2D eigenvalue weighted by molar-refractivity contribution is -0.0267. The molecule has 0 radical (unpaired) electrons. The molecule has 0 unspecified atom stereocenters. The maximum Gasteiger partial charge on any atom is 0.282 e. The number of halogens is 2. The molecule has 1 aromatic carbocycles. The summed E-state index contributed by atoms with van der Waals surface area (Å²) in [6, 6.07) is 8.80. The fourth-order valence-corrected chi connectivity index (χ4v) is 3.10. The second-order valence-electron chi connectivity index (χ2n) is 6.69. The van der Waals surface area contributed by atoms with Crippen molar-refractivity contribution in [3.8, 4) is 11.1 Å². The number of nitrogen functional groups attached to an aromatic ring is 1. The molecule has 0 atom stereocenters. The second kappa shape index (κ2) is 6.15. The Morgan fingerprint density at radius 1 is 1.19 bits per heavy atom. The summed E-state index contributed by atoms with van der Waals surface area (Å²) in [5.41, 5.74) is 9.75. The van der Waals surface area contributed by atoms with E-state index in [-0.39, 0.29) is 18.8 Å². The highest BCUT2D eigenvalue weighted by atomic mass is 19.3. The molecule has 27 heavy (non-hydrogen) atoms. The van der Waals surface area contributed by atoms with Crippen LogP contribution in [0.5, 0.6) is 0 Å². The fraction of sp³-hybridized carbons (Fsp3) is 0.211. The summed E-state index contributed by atoms with van der Waals surface area (Å²) < 4.78 is 27.9. The summed E-state index contributed by atoms with van der Waals surface area (Å²) in [7, 11) is 1.83. The van der Waals surface area contributed by atoms with Gasteiger partial charge in [0.15, 0.2) is 0 Å². The monoisotopic (exact) mass is 368 g/mol. The van der Waals surface area contributed by atoms with Crippen LogP contribution in [-0.2, 0) is 7.05 Å². The average Bonchev–Trinajstić information content (AvgIpc) is 3.06. The van der Waals surface area contributed by atoms with Crippen molar-refractivity contribution in [2.24, 2.45) is 7.05 Å². The molecule has 0 aliphatic carbocycles. The number of nitrogens with two attached hydrogens (primary N) is 1. The Bertz CT molecular complexity index is 1020. The third-order valence-corrected chi connectivity index (χ3v) is 4.56. The predicted octanol–water partition coefficient (Wildman–Crippen LogP) is 2.94. The van der Waals surface area contributed by atoms with E-state index < -0.39 is 5.92 Å². The van der Waals surface area contributed by atoms with Crippen molar-refractivity contribution < 1.29 is 8.78 Å². The van der Waals surface area contributed by atoms with Crippen LogP contribution in [0.15, 0.2) is 48.9 Å². The summed E-state index contributed by atoms with van der Waals surface area (Å²) in [5.74, 6) is -2.24. The maximum atomic E-state index is 13.1. The van der Waals surface area contributed by atoms with E-state index in [2.05, 4.69) is 10.1 Å². The Morgan fingerprint density at radius 2 is 1.96 bits per heavy atom. The molecule has 8 heteroatoms. The molecule has 0 saturated carbocycles. The molecule has 0 bridgehead atoms. The van der Waals surface area contributed by atoms with Gasteiger partial charge in [-0.15, -0.1) is 0 Å². The minimum atomic E-state index is -2.67. The molecule has 3 N–H and O–H groups in total. The zero-order valence-corrected chi connectivity index (χ0v) is 14.7. The normalized spacial score (nSPS) is 15.4. The molecule has 1 fully saturated rings. The van der Waals surface area contributed by atoms with Crippen molar-refractivity contribution in [2.75, 3.05) is 23.7 Å². The summed E-state index contributed by atoms with van der Waals surface area (Å²) in [6.07, 6.45) is 5.15. The number of anilines is 2. The van der Waals surface area contributed by atoms with Crippen LogP contribution in [0.1, 0.15) is 11.1 Å². The number of aromatic nitrogens is 3. The first-order valence-corrected chi connectivity index (χ1v) is 8.39. The molecule has 6 nitrogen and oxygen atoms in total. The van der Waals surface area contributed by atoms with Crippen LogP contribution in [0.25, 0.3) is 11.1 Å². The second-order valence-corrected chi connectivity index (χ2v) is 6.69. The number of benzene rings is 1. The molecule has 3 heterocycles. The molecule has 4 rings (SSSR count). The lowest BCUT2D eigenvalue weighted by atomic mass is 9.97. The molecule has 1 saturated heterocycles. The van der Waals surface area contributed by atoms with Crippen molar-refractivity contribution in [3.63, 3.8) is 0 Å². The number of hydrogen-bond acceptors (Lipinski definition) is 5. The highest BCUT2D eigenvalue weighted by Gasteiger charge is 2.44. The number of hydrogen-bond donors (Lipinski definition) is 2. The number of nitrogens with one attached hydrogen (secondary N) is 1. The lowest BCUT2D eigenvalue weighted by Crippen LogP contribution is -2.56. The molecule has 0 spiro atoms. The van der Waals surface area contributed by atoms with Gasteiger partial charge in [0.1, 0.15) is 5.82 Å². The van der Waals surface area contributed by atoms with E-state index in [9.17, 15) is 8.78 Å². The smallest absolute Gasteiger partial charge is 0.282 e. The van der Waals surface area contributed by atoms with Crippen molar-refractivity contribution in [2.45, 2.75) is 5.92 Å². The Hall–Kier alpha value is -3.29. The summed E-state index contributed by atoms with van der Waals surface area (Å²) in [4.78, 5) is 5.64. The van der Waals surface area contributed by atoms with Gasteiger partial charge < -0.3 is 10.6 Å². The van der Waals surface area contributed by atoms with E-state index in [0.717, 1.165) is 11.1 Å². The molecular weight excluding hydrogens is 350 g/mol. The Balaban J connectivity index is 1.65. The molecule has 1 aliphatic heterocycles. The fourth-order valence-electron chi connectivity index (χ4n) is 3.10. The number of pyridine rings is 1. The average molecular weight is 368 g/mol. The highest BCUT2D eigenvalue weighted by molar-refractivity contribution is 6.14. The van der Waals surface area contributed by atoms with E-state index in [4.69, 9.17) is 11.1 Å². The van der Waals surface area contributed by atoms with Crippen molar-refractivity contribution in [1.29, 1.82) is 5.41 Å². The van der Waals surface area contributed by atoms with Gasteiger partial charge in [-0.05, 0) is 29.8 Å². The van der Waals surface area contributed by atoms with Gasteiger partial charge in [0, 0.05) is 41.8 Å². The van der Waals surface area contributed by atoms with Crippen LogP contribution >= 0.6 is 0 Å². The summed E-state index contributed by atoms with van der Waals surface area (Å²) in [5, 5.41) is 12.7. The van der Waals surface area contributed by atoms with Gasteiger partial charge >= 0.3 is 0 Å². The van der Waals surface area contributed by atoms with Gasteiger partial charge in [-0.3, -0.25) is 10.1 Å².